The van der Waals surface area contributed by atoms with Crippen molar-refractivity contribution in [3.63, 3.8) is 0 Å². The largest absolute Gasteiger partial charge is 0.0813 e. The summed E-state index contributed by atoms with van der Waals surface area (Å²) in [5.74, 6) is 0. The van der Waals surface area contributed by atoms with E-state index in [4.69, 9.17) is 0 Å². The van der Waals surface area contributed by atoms with Crippen LogP contribution in [-0.2, 0) is 0 Å². The highest BCUT2D eigenvalue weighted by molar-refractivity contribution is 8.78. The maximum Gasteiger partial charge on any atom is 0.0374 e. The molecule has 0 fully saturated rings. The van der Waals surface area contributed by atoms with Gasteiger partial charge >= 0.3 is 0 Å². The Hall–Kier alpha value is 0.440. The first-order valence-corrected chi connectivity index (χ1v) is 9.59. The van der Waals surface area contributed by atoms with Gasteiger partial charge in [-0.1, -0.05) is 68.0 Å². The minimum atomic E-state index is 0.846. The van der Waals surface area contributed by atoms with Gasteiger partial charge in [-0.2, -0.15) is 0 Å². The van der Waals surface area contributed by atoms with Crippen molar-refractivity contribution >= 4 is 21.6 Å². The molecule has 1 atom stereocenters. The van der Waals surface area contributed by atoms with Gasteiger partial charge in [0.15, 0.2) is 0 Å². The molecule has 1 rings (SSSR count). The SMILES string of the molecule is CCCCC1=C(CCCC)C(CCCC)SS1. The Morgan fingerprint density at radius 2 is 1.53 bits per heavy atom. The third-order valence-electron chi connectivity index (χ3n) is 3.39. The van der Waals surface area contributed by atoms with Crippen molar-refractivity contribution in [3.8, 4) is 0 Å². The first-order chi connectivity index (χ1) is 8.33. The number of hydrogen-bond acceptors (Lipinski definition) is 2. The van der Waals surface area contributed by atoms with Gasteiger partial charge in [0.2, 0.25) is 0 Å². The summed E-state index contributed by atoms with van der Waals surface area (Å²) in [4.78, 5) is 1.74. The summed E-state index contributed by atoms with van der Waals surface area (Å²) >= 11 is 0. The fraction of sp³-hybridized carbons (Fsp3) is 0.867. The first-order valence-electron chi connectivity index (χ1n) is 7.38. The average molecular weight is 273 g/mol. The molecule has 0 spiro atoms. The van der Waals surface area contributed by atoms with E-state index in [1.807, 2.05) is 5.57 Å². The molecule has 1 unspecified atom stereocenters. The molecule has 0 nitrogen and oxygen atoms in total. The number of unbranched alkanes of at least 4 members (excludes halogenated alkanes) is 3. The molecule has 17 heavy (non-hydrogen) atoms. The Bertz CT molecular complexity index is 233. The topological polar surface area (TPSA) is 0 Å². The molecular weight excluding hydrogens is 244 g/mol. The summed E-state index contributed by atoms with van der Waals surface area (Å²) in [7, 11) is 4.24. The predicted octanol–water partition coefficient (Wildman–Crippen LogP) is 6.57. The van der Waals surface area contributed by atoms with Crippen molar-refractivity contribution in [3.05, 3.63) is 10.5 Å². The summed E-state index contributed by atoms with van der Waals surface area (Å²) in [5, 5.41) is 0.846. The molecular formula is C15H28S2. The lowest BCUT2D eigenvalue weighted by atomic mass is 9.99. The molecule has 2 heteroatoms. The van der Waals surface area contributed by atoms with Gasteiger partial charge < -0.3 is 0 Å². The van der Waals surface area contributed by atoms with Crippen LogP contribution in [0.2, 0.25) is 0 Å². The van der Waals surface area contributed by atoms with Crippen molar-refractivity contribution in [2.75, 3.05) is 0 Å². The Labute approximate surface area is 116 Å². The van der Waals surface area contributed by atoms with Crippen LogP contribution in [0.15, 0.2) is 10.5 Å². The summed E-state index contributed by atoms with van der Waals surface area (Å²) < 4.78 is 0. The van der Waals surface area contributed by atoms with Gasteiger partial charge in [0.1, 0.15) is 0 Å². The summed E-state index contributed by atoms with van der Waals surface area (Å²) in [5.41, 5.74) is 1.82. The maximum atomic E-state index is 2.31. The van der Waals surface area contributed by atoms with Gasteiger partial charge in [-0.25, -0.2) is 0 Å². The minimum absolute atomic E-state index is 0.846. The van der Waals surface area contributed by atoms with Gasteiger partial charge in [0, 0.05) is 5.25 Å². The van der Waals surface area contributed by atoms with Gasteiger partial charge in [-0.05, 0) is 42.6 Å². The standard InChI is InChI=1S/C15H28S2/c1-4-7-10-13-14(11-8-5-2)16-17-15(13)12-9-6-3/h14H,4-12H2,1-3H3. The maximum absolute atomic E-state index is 2.31. The molecule has 0 saturated heterocycles. The van der Waals surface area contributed by atoms with Gasteiger partial charge in [0.25, 0.3) is 0 Å². The smallest absolute Gasteiger partial charge is 0.0374 e. The average Bonchev–Trinajstić information content (AvgIpc) is 2.73. The van der Waals surface area contributed by atoms with Crippen LogP contribution in [0.4, 0.5) is 0 Å². The van der Waals surface area contributed by atoms with E-state index in [9.17, 15) is 0 Å². The van der Waals surface area contributed by atoms with Gasteiger partial charge in [-0.15, -0.1) is 0 Å². The van der Waals surface area contributed by atoms with Crippen molar-refractivity contribution in [1.82, 2.24) is 0 Å². The Kier molecular flexibility index (Phi) is 8.55. The zero-order valence-corrected chi connectivity index (χ0v) is 13.4. The number of rotatable bonds is 9. The Morgan fingerprint density at radius 3 is 2.18 bits per heavy atom. The molecule has 0 aromatic rings. The fourth-order valence-electron chi connectivity index (χ4n) is 2.23. The Morgan fingerprint density at radius 1 is 0.882 bits per heavy atom. The van der Waals surface area contributed by atoms with Crippen molar-refractivity contribution in [2.24, 2.45) is 0 Å². The molecule has 0 saturated carbocycles. The van der Waals surface area contributed by atoms with Crippen LogP contribution >= 0.6 is 21.6 Å². The van der Waals surface area contributed by atoms with Crippen molar-refractivity contribution < 1.29 is 0 Å². The quantitative estimate of drug-likeness (QED) is 0.435. The van der Waals surface area contributed by atoms with E-state index in [0.29, 0.717) is 0 Å². The molecule has 0 N–H and O–H groups in total. The van der Waals surface area contributed by atoms with Gasteiger partial charge in [-0.3, -0.25) is 0 Å². The fourth-order valence-corrected chi connectivity index (χ4v) is 5.66. The van der Waals surface area contributed by atoms with Gasteiger partial charge in [0.05, 0.1) is 0 Å². The second-order valence-electron chi connectivity index (χ2n) is 4.97. The molecule has 1 aliphatic heterocycles. The number of hydrogen-bond donors (Lipinski definition) is 0. The highest BCUT2D eigenvalue weighted by atomic mass is 33.1. The molecule has 100 valence electrons. The predicted molar refractivity (Wildman–Crippen MR) is 84.6 cm³/mol. The molecule has 1 aliphatic rings. The molecule has 0 aromatic heterocycles. The third-order valence-corrected chi connectivity index (χ3v) is 6.49. The molecule has 0 radical (unpaired) electrons. The van der Waals surface area contributed by atoms with E-state index in [1.54, 1.807) is 4.91 Å². The molecule has 0 bridgehead atoms. The molecule has 0 aromatic carbocycles. The first kappa shape index (κ1) is 15.5. The van der Waals surface area contributed by atoms with Crippen LogP contribution in [-0.4, -0.2) is 5.25 Å². The van der Waals surface area contributed by atoms with E-state index in [0.717, 1.165) is 5.25 Å². The van der Waals surface area contributed by atoms with Crippen LogP contribution in [0.25, 0.3) is 0 Å². The van der Waals surface area contributed by atoms with Crippen LogP contribution in [0.5, 0.6) is 0 Å². The normalized spacial score (nSPS) is 20.3. The zero-order valence-electron chi connectivity index (χ0n) is 11.8. The highest BCUT2D eigenvalue weighted by Gasteiger charge is 2.25. The van der Waals surface area contributed by atoms with Crippen LogP contribution in [0.1, 0.15) is 78.6 Å². The minimum Gasteiger partial charge on any atom is -0.0813 e. The van der Waals surface area contributed by atoms with E-state index < -0.39 is 0 Å². The van der Waals surface area contributed by atoms with Crippen LogP contribution in [0.3, 0.4) is 0 Å². The van der Waals surface area contributed by atoms with Crippen LogP contribution < -0.4 is 0 Å². The van der Waals surface area contributed by atoms with Crippen molar-refractivity contribution in [1.29, 1.82) is 0 Å². The highest BCUT2D eigenvalue weighted by Crippen LogP contribution is 2.51. The van der Waals surface area contributed by atoms with E-state index >= 15 is 0 Å². The third kappa shape index (κ3) is 5.30. The van der Waals surface area contributed by atoms with E-state index in [2.05, 4.69) is 42.4 Å². The van der Waals surface area contributed by atoms with E-state index in [1.165, 1.54) is 57.8 Å². The second kappa shape index (κ2) is 9.38. The molecule has 1 heterocycles. The van der Waals surface area contributed by atoms with Crippen LogP contribution in [0, 0.1) is 0 Å². The second-order valence-corrected chi connectivity index (χ2v) is 7.46. The summed E-state index contributed by atoms with van der Waals surface area (Å²) in [6.07, 6.45) is 12.3. The zero-order chi connectivity index (χ0) is 12.5. The summed E-state index contributed by atoms with van der Waals surface area (Å²) in [6, 6.07) is 0. The lowest BCUT2D eigenvalue weighted by Crippen LogP contribution is -2.04. The lowest BCUT2D eigenvalue weighted by molar-refractivity contribution is 0.682. The number of allylic oxidation sites excluding steroid dienone is 1. The lowest BCUT2D eigenvalue weighted by Gasteiger charge is -2.13. The molecule has 0 aliphatic carbocycles. The monoisotopic (exact) mass is 272 g/mol. The molecule has 0 amide bonds. The summed E-state index contributed by atoms with van der Waals surface area (Å²) in [6.45, 7) is 6.91. The van der Waals surface area contributed by atoms with E-state index in [-0.39, 0.29) is 0 Å². The van der Waals surface area contributed by atoms with Crippen molar-refractivity contribution in [2.45, 2.75) is 83.8 Å². The Balaban J connectivity index is 2.56.